The number of hydrogen-bond donors (Lipinski definition) is 2. The molecule has 0 aliphatic carbocycles. The second kappa shape index (κ2) is 4.47. The van der Waals surface area contributed by atoms with Crippen molar-refractivity contribution in [3.8, 4) is 11.5 Å². The summed E-state index contributed by atoms with van der Waals surface area (Å²) in [6.45, 7) is 3.32. The Hall–Kier alpha value is -2.05. The Labute approximate surface area is 120 Å². The fraction of sp³-hybridized carbons (Fsp3) is 0.400. The molecule has 0 saturated heterocycles. The minimum atomic E-state index is -1.24. The standard InChI is InChI=1S/C15H16O6/c1-15(2)14(18)11(17)10-12-7(4-5-9(16)20-12)6-8(19-3)13(10)21-15/h4-6,11,14,17-18H,1-3H3/t11-,14+/m0/s1. The smallest absolute Gasteiger partial charge is 0.336 e. The largest absolute Gasteiger partial charge is 0.493 e. The van der Waals surface area contributed by atoms with Crippen LogP contribution in [0.5, 0.6) is 11.5 Å². The molecule has 1 aromatic heterocycles. The first-order valence-corrected chi connectivity index (χ1v) is 6.55. The zero-order valence-electron chi connectivity index (χ0n) is 11.9. The number of rotatable bonds is 1. The lowest BCUT2D eigenvalue weighted by Gasteiger charge is -2.40. The number of aliphatic hydroxyl groups is 2. The van der Waals surface area contributed by atoms with E-state index in [1.165, 1.54) is 13.2 Å². The lowest BCUT2D eigenvalue weighted by molar-refractivity contribution is -0.112. The van der Waals surface area contributed by atoms with Gasteiger partial charge in [-0.15, -0.1) is 0 Å². The number of aliphatic hydroxyl groups excluding tert-OH is 2. The van der Waals surface area contributed by atoms with Gasteiger partial charge in [-0.25, -0.2) is 4.79 Å². The molecule has 2 heterocycles. The number of hydrogen-bond acceptors (Lipinski definition) is 6. The van der Waals surface area contributed by atoms with Gasteiger partial charge in [0.05, 0.1) is 12.7 Å². The quantitative estimate of drug-likeness (QED) is 0.772. The Balaban J connectivity index is 2.40. The Morgan fingerprint density at radius 1 is 1.29 bits per heavy atom. The molecule has 3 rings (SSSR count). The van der Waals surface area contributed by atoms with Crippen LogP contribution in [0.15, 0.2) is 27.4 Å². The van der Waals surface area contributed by atoms with Gasteiger partial charge in [0, 0.05) is 11.5 Å². The molecule has 6 nitrogen and oxygen atoms in total. The third kappa shape index (κ3) is 1.99. The predicted molar refractivity (Wildman–Crippen MR) is 74.7 cm³/mol. The fourth-order valence-electron chi connectivity index (χ4n) is 2.58. The summed E-state index contributed by atoms with van der Waals surface area (Å²) in [6, 6.07) is 4.52. The van der Waals surface area contributed by atoms with Crippen LogP contribution in [0.25, 0.3) is 11.0 Å². The van der Waals surface area contributed by atoms with Crippen molar-refractivity contribution in [2.24, 2.45) is 0 Å². The molecule has 112 valence electrons. The molecule has 0 amide bonds. The molecule has 0 spiro atoms. The van der Waals surface area contributed by atoms with E-state index in [4.69, 9.17) is 13.9 Å². The van der Waals surface area contributed by atoms with Gasteiger partial charge < -0.3 is 24.1 Å². The van der Waals surface area contributed by atoms with Gasteiger partial charge in [0.1, 0.15) is 23.4 Å². The molecule has 2 aromatic rings. The molecule has 0 saturated carbocycles. The zero-order valence-corrected chi connectivity index (χ0v) is 11.9. The summed E-state index contributed by atoms with van der Waals surface area (Å²) in [5, 5.41) is 21.2. The van der Waals surface area contributed by atoms with Gasteiger partial charge >= 0.3 is 5.63 Å². The average molecular weight is 292 g/mol. The van der Waals surface area contributed by atoms with E-state index in [0.717, 1.165) is 0 Å². The Morgan fingerprint density at radius 2 is 2.00 bits per heavy atom. The molecular weight excluding hydrogens is 276 g/mol. The first-order valence-electron chi connectivity index (χ1n) is 6.55. The van der Waals surface area contributed by atoms with Gasteiger partial charge in [0.15, 0.2) is 11.5 Å². The van der Waals surface area contributed by atoms with Gasteiger partial charge in [0.25, 0.3) is 0 Å². The minimum absolute atomic E-state index is 0.195. The number of benzene rings is 1. The van der Waals surface area contributed by atoms with E-state index in [1.54, 1.807) is 26.0 Å². The van der Waals surface area contributed by atoms with Crippen LogP contribution in [0, 0.1) is 0 Å². The van der Waals surface area contributed by atoms with Crippen LogP contribution in [0.2, 0.25) is 0 Å². The van der Waals surface area contributed by atoms with E-state index in [1.807, 2.05) is 0 Å². The van der Waals surface area contributed by atoms with Crippen LogP contribution in [-0.2, 0) is 0 Å². The zero-order chi connectivity index (χ0) is 15.4. The van der Waals surface area contributed by atoms with Gasteiger partial charge in [-0.2, -0.15) is 0 Å². The van der Waals surface area contributed by atoms with Crippen molar-refractivity contribution < 1.29 is 24.1 Å². The fourth-order valence-corrected chi connectivity index (χ4v) is 2.58. The summed E-state index contributed by atoms with van der Waals surface area (Å²) < 4.78 is 16.2. The Kier molecular flexibility index (Phi) is 2.96. The van der Waals surface area contributed by atoms with Gasteiger partial charge in [-0.3, -0.25) is 0 Å². The summed E-state index contributed by atoms with van der Waals surface area (Å²) >= 11 is 0. The maximum Gasteiger partial charge on any atom is 0.336 e. The monoisotopic (exact) mass is 292 g/mol. The van der Waals surface area contributed by atoms with Crippen molar-refractivity contribution in [2.45, 2.75) is 31.7 Å². The van der Waals surface area contributed by atoms with Crippen molar-refractivity contribution in [3.63, 3.8) is 0 Å². The molecule has 1 aromatic carbocycles. The molecule has 2 atom stereocenters. The highest BCUT2D eigenvalue weighted by molar-refractivity contribution is 5.85. The van der Waals surface area contributed by atoms with E-state index >= 15 is 0 Å². The highest BCUT2D eigenvalue weighted by atomic mass is 16.5. The van der Waals surface area contributed by atoms with Crippen LogP contribution in [0.4, 0.5) is 0 Å². The van der Waals surface area contributed by atoms with E-state index in [-0.39, 0.29) is 16.9 Å². The molecule has 0 radical (unpaired) electrons. The number of fused-ring (bicyclic) bond motifs is 3. The van der Waals surface area contributed by atoms with Crippen molar-refractivity contribution in [1.29, 1.82) is 0 Å². The van der Waals surface area contributed by atoms with Crippen LogP contribution >= 0.6 is 0 Å². The number of methoxy groups -OCH3 is 1. The molecular formula is C15H16O6. The van der Waals surface area contributed by atoms with E-state index < -0.39 is 23.4 Å². The van der Waals surface area contributed by atoms with Crippen LogP contribution in [0.3, 0.4) is 0 Å². The first-order chi connectivity index (χ1) is 9.85. The molecule has 0 fully saturated rings. The summed E-state index contributed by atoms with van der Waals surface area (Å²) in [5.74, 6) is 0.688. The number of ether oxygens (including phenoxy) is 2. The van der Waals surface area contributed by atoms with Crippen molar-refractivity contribution in [3.05, 3.63) is 34.2 Å². The Morgan fingerprint density at radius 3 is 2.67 bits per heavy atom. The summed E-state index contributed by atoms with van der Waals surface area (Å²) in [6.07, 6.45) is -2.40. The van der Waals surface area contributed by atoms with Gasteiger partial charge in [0.2, 0.25) is 0 Å². The van der Waals surface area contributed by atoms with Crippen molar-refractivity contribution >= 4 is 11.0 Å². The van der Waals surface area contributed by atoms with Crippen molar-refractivity contribution in [2.75, 3.05) is 7.11 Å². The predicted octanol–water partition coefficient (Wildman–Crippen LogP) is 1.37. The van der Waals surface area contributed by atoms with E-state index in [2.05, 4.69) is 0 Å². The lowest BCUT2D eigenvalue weighted by Crippen LogP contribution is -2.48. The molecule has 6 heteroatoms. The highest BCUT2D eigenvalue weighted by Crippen LogP contribution is 2.48. The molecule has 21 heavy (non-hydrogen) atoms. The molecule has 2 N–H and O–H groups in total. The third-order valence-electron chi connectivity index (χ3n) is 3.76. The lowest BCUT2D eigenvalue weighted by atomic mass is 9.87. The normalized spacial score (nSPS) is 23.5. The van der Waals surface area contributed by atoms with E-state index in [0.29, 0.717) is 11.1 Å². The second-order valence-corrected chi connectivity index (χ2v) is 5.59. The van der Waals surface area contributed by atoms with Crippen LogP contribution in [0.1, 0.15) is 25.5 Å². The maximum absolute atomic E-state index is 11.5. The maximum atomic E-state index is 11.5. The SMILES string of the molecule is COc1cc2ccc(=O)oc2c2c1OC(C)(C)[C@H](O)[C@H]2O. The average Bonchev–Trinajstić information content (AvgIpc) is 2.43. The second-order valence-electron chi connectivity index (χ2n) is 5.59. The summed E-state index contributed by atoms with van der Waals surface area (Å²) in [7, 11) is 1.48. The van der Waals surface area contributed by atoms with Gasteiger partial charge in [-0.1, -0.05) is 0 Å². The summed E-state index contributed by atoms with van der Waals surface area (Å²) in [4.78, 5) is 11.5. The molecule has 0 unspecified atom stereocenters. The first kappa shape index (κ1) is 13.9. The topological polar surface area (TPSA) is 89.1 Å². The van der Waals surface area contributed by atoms with Crippen molar-refractivity contribution in [1.82, 2.24) is 0 Å². The van der Waals surface area contributed by atoms with E-state index in [9.17, 15) is 15.0 Å². The minimum Gasteiger partial charge on any atom is -0.493 e. The Bertz CT molecular complexity index is 761. The summed E-state index contributed by atoms with van der Waals surface area (Å²) in [5.41, 5.74) is -1.11. The van der Waals surface area contributed by atoms with Gasteiger partial charge in [-0.05, 0) is 26.0 Å². The van der Waals surface area contributed by atoms with Crippen LogP contribution < -0.4 is 15.1 Å². The van der Waals surface area contributed by atoms with Crippen LogP contribution in [-0.4, -0.2) is 29.0 Å². The third-order valence-corrected chi connectivity index (χ3v) is 3.76. The molecule has 1 aliphatic rings. The molecule has 1 aliphatic heterocycles. The highest BCUT2D eigenvalue weighted by Gasteiger charge is 2.45. The molecule has 0 bridgehead atoms.